The maximum absolute atomic E-state index is 11.6. The number of aromatic nitrogens is 1. The van der Waals surface area contributed by atoms with E-state index in [0.717, 1.165) is 5.69 Å². The minimum Gasteiger partial charge on any atom is -0.351 e. The number of likely N-dealkylation sites (N-methyl/N-ethyl adjacent to an activating group) is 1. The molecule has 1 amide bonds. The van der Waals surface area contributed by atoms with Crippen LogP contribution in [0.3, 0.4) is 0 Å². The van der Waals surface area contributed by atoms with Crippen LogP contribution in [0.4, 0.5) is 0 Å². The van der Waals surface area contributed by atoms with Gasteiger partial charge in [-0.25, -0.2) is 0 Å². The van der Waals surface area contributed by atoms with Crippen LogP contribution in [0.15, 0.2) is 10.6 Å². The molecule has 0 aliphatic carbocycles. The summed E-state index contributed by atoms with van der Waals surface area (Å²) in [5.41, 5.74) is 0.798. The molecule has 5 nitrogen and oxygen atoms in total. The minimum absolute atomic E-state index is 0.221. The molecule has 1 atom stereocenters. The highest BCUT2D eigenvalue weighted by Crippen LogP contribution is 2.13. The van der Waals surface area contributed by atoms with Crippen molar-refractivity contribution in [2.75, 3.05) is 13.6 Å². The van der Waals surface area contributed by atoms with Crippen molar-refractivity contribution in [1.82, 2.24) is 15.8 Å². The average molecular weight is 225 g/mol. The van der Waals surface area contributed by atoms with Gasteiger partial charge in [0.2, 0.25) is 5.76 Å². The van der Waals surface area contributed by atoms with E-state index in [9.17, 15) is 4.79 Å². The molecule has 0 aliphatic heterocycles. The van der Waals surface area contributed by atoms with Crippen molar-refractivity contribution in [1.29, 1.82) is 0 Å². The number of carbonyl (C=O) groups is 1. The Morgan fingerprint density at radius 3 is 2.69 bits per heavy atom. The van der Waals surface area contributed by atoms with Gasteiger partial charge in [-0.1, -0.05) is 19.0 Å². The second kappa shape index (κ2) is 5.65. The lowest BCUT2D eigenvalue weighted by Crippen LogP contribution is -2.37. The Morgan fingerprint density at radius 1 is 1.50 bits per heavy atom. The first-order valence-corrected chi connectivity index (χ1v) is 5.46. The molecule has 5 heteroatoms. The molecule has 0 saturated carbocycles. The maximum Gasteiger partial charge on any atom is 0.289 e. The Hall–Kier alpha value is -1.36. The van der Waals surface area contributed by atoms with E-state index in [1.54, 1.807) is 6.07 Å². The summed E-state index contributed by atoms with van der Waals surface area (Å²) >= 11 is 0. The van der Waals surface area contributed by atoms with Gasteiger partial charge in [0.25, 0.3) is 5.91 Å². The summed E-state index contributed by atoms with van der Waals surface area (Å²) in [5, 5.41) is 9.63. The normalized spacial score (nSPS) is 12.8. The average Bonchev–Trinajstić information content (AvgIpc) is 2.74. The number of carbonyl (C=O) groups excluding carboxylic acids is 1. The van der Waals surface area contributed by atoms with Gasteiger partial charge in [0.1, 0.15) is 0 Å². The zero-order valence-electron chi connectivity index (χ0n) is 10.2. The number of hydrogen-bond acceptors (Lipinski definition) is 4. The molecule has 0 spiro atoms. The smallest absolute Gasteiger partial charge is 0.289 e. The summed E-state index contributed by atoms with van der Waals surface area (Å²) in [6, 6.07) is 1.92. The fourth-order valence-corrected chi connectivity index (χ4v) is 1.10. The van der Waals surface area contributed by atoms with Crippen molar-refractivity contribution in [3.05, 3.63) is 17.5 Å². The van der Waals surface area contributed by atoms with Crippen LogP contribution < -0.4 is 10.6 Å². The molecule has 0 aliphatic rings. The molecule has 0 aromatic carbocycles. The lowest BCUT2D eigenvalue weighted by atomic mass is 10.1. The Balaban J connectivity index is 2.53. The molecule has 1 rings (SSSR count). The molecular weight excluding hydrogens is 206 g/mol. The van der Waals surface area contributed by atoms with E-state index in [-0.39, 0.29) is 23.6 Å². The monoisotopic (exact) mass is 225 g/mol. The summed E-state index contributed by atoms with van der Waals surface area (Å²) in [7, 11) is 1.85. The number of amides is 1. The third-order valence-electron chi connectivity index (χ3n) is 2.41. The van der Waals surface area contributed by atoms with Gasteiger partial charge >= 0.3 is 0 Å². The molecule has 0 saturated heterocycles. The van der Waals surface area contributed by atoms with Crippen LogP contribution >= 0.6 is 0 Å². The second-order valence-corrected chi connectivity index (χ2v) is 4.17. The first kappa shape index (κ1) is 12.7. The van der Waals surface area contributed by atoms with Crippen molar-refractivity contribution in [2.45, 2.75) is 32.7 Å². The van der Waals surface area contributed by atoms with Gasteiger partial charge in [-0.2, -0.15) is 0 Å². The molecule has 0 bridgehead atoms. The molecule has 0 radical (unpaired) electrons. The number of rotatable bonds is 5. The van der Waals surface area contributed by atoms with E-state index >= 15 is 0 Å². The largest absolute Gasteiger partial charge is 0.351 e. The second-order valence-electron chi connectivity index (χ2n) is 4.17. The Morgan fingerprint density at radius 2 is 2.19 bits per heavy atom. The summed E-state index contributed by atoms with van der Waals surface area (Å²) in [6.07, 6.45) is 0. The first-order chi connectivity index (χ1) is 7.54. The molecule has 1 aromatic rings. The molecule has 1 heterocycles. The molecule has 1 unspecified atom stereocenters. The fourth-order valence-electron chi connectivity index (χ4n) is 1.10. The zero-order valence-corrected chi connectivity index (χ0v) is 10.2. The van der Waals surface area contributed by atoms with Crippen molar-refractivity contribution in [2.24, 2.45) is 0 Å². The van der Waals surface area contributed by atoms with Crippen LogP contribution in [-0.4, -0.2) is 30.7 Å². The van der Waals surface area contributed by atoms with E-state index in [2.05, 4.69) is 15.8 Å². The highest BCUT2D eigenvalue weighted by atomic mass is 16.5. The summed E-state index contributed by atoms with van der Waals surface area (Å²) in [5.74, 6) is 0.315. The van der Waals surface area contributed by atoms with Gasteiger partial charge in [-0.15, -0.1) is 0 Å². The summed E-state index contributed by atoms with van der Waals surface area (Å²) < 4.78 is 4.97. The molecular formula is C11H19N3O2. The van der Waals surface area contributed by atoms with Gasteiger partial charge in [-0.3, -0.25) is 4.79 Å². The Kier molecular flexibility index (Phi) is 4.49. The highest BCUT2D eigenvalue weighted by Gasteiger charge is 2.14. The molecule has 2 N–H and O–H groups in total. The molecule has 1 aromatic heterocycles. The van der Waals surface area contributed by atoms with Crippen LogP contribution in [0.25, 0.3) is 0 Å². The fraction of sp³-hybridized carbons (Fsp3) is 0.636. The van der Waals surface area contributed by atoms with Gasteiger partial charge in [-0.05, 0) is 19.9 Å². The summed E-state index contributed by atoms with van der Waals surface area (Å²) in [6.45, 7) is 6.55. The number of hydrogen-bond donors (Lipinski definition) is 2. The predicted octanol–water partition coefficient (Wildman–Crippen LogP) is 1.14. The number of nitrogens with one attached hydrogen (secondary N) is 2. The van der Waals surface area contributed by atoms with E-state index < -0.39 is 0 Å². The van der Waals surface area contributed by atoms with E-state index in [1.165, 1.54) is 0 Å². The molecule has 90 valence electrons. The van der Waals surface area contributed by atoms with Crippen LogP contribution in [0.1, 0.15) is 42.9 Å². The predicted molar refractivity (Wildman–Crippen MR) is 61.4 cm³/mol. The third kappa shape index (κ3) is 3.34. The third-order valence-corrected chi connectivity index (χ3v) is 2.41. The van der Waals surface area contributed by atoms with E-state index in [0.29, 0.717) is 6.54 Å². The Bertz CT molecular complexity index is 347. The van der Waals surface area contributed by atoms with Crippen molar-refractivity contribution < 1.29 is 9.32 Å². The standard InChI is InChI=1S/C11H19N3O2/c1-7(2)9-5-10(16-14-9)11(15)13-6-8(3)12-4/h5,7-8,12H,6H2,1-4H3,(H,13,15). The van der Waals surface area contributed by atoms with Crippen molar-refractivity contribution in [3.63, 3.8) is 0 Å². The SMILES string of the molecule is CNC(C)CNC(=O)c1cc(C(C)C)no1. The van der Waals surface area contributed by atoms with Gasteiger partial charge < -0.3 is 15.2 Å². The molecule has 16 heavy (non-hydrogen) atoms. The number of nitrogens with zero attached hydrogens (tertiary/aromatic N) is 1. The van der Waals surface area contributed by atoms with Crippen molar-refractivity contribution >= 4 is 5.91 Å². The van der Waals surface area contributed by atoms with Crippen LogP contribution in [0.5, 0.6) is 0 Å². The lowest BCUT2D eigenvalue weighted by molar-refractivity contribution is 0.0913. The van der Waals surface area contributed by atoms with Crippen molar-refractivity contribution in [3.8, 4) is 0 Å². The van der Waals surface area contributed by atoms with E-state index in [1.807, 2.05) is 27.8 Å². The topological polar surface area (TPSA) is 67.2 Å². The quantitative estimate of drug-likeness (QED) is 0.788. The highest BCUT2D eigenvalue weighted by molar-refractivity contribution is 5.91. The van der Waals surface area contributed by atoms with Crippen LogP contribution in [-0.2, 0) is 0 Å². The lowest BCUT2D eigenvalue weighted by Gasteiger charge is -2.09. The van der Waals surface area contributed by atoms with Gasteiger partial charge in [0.15, 0.2) is 0 Å². The Labute approximate surface area is 95.6 Å². The minimum atomic E-state index is -0.221. The van der Waals surface area contributed by atoms with Gasteiger partial charge in [0.05, 0.1) is 5.69 Å². The summed E-state index contributed by atoms with van der Waals surface area (Å²) in [4.78, 5) is 11.6. The first-order valence-electron chi connectivity index (χ1n) is 5.46. The maximum atomic E-state index is 11.6. The van der Waals surface area contributed by atoms with Gasteiger partial charge in [0, 0.05) is 18.7 Å². The van der Waals surface area contributed by atoms with Crippen LogP contribution in [0.2, 0.25) is 0 Å². The van der Waals surface area contributed by atoms with E-state index in [4.69, 9.17) is 4.52 Å². The zero-order chi connectivity index (χ0) is 12.1. The van der Waals surface area contributed by atoms with Crippen LogP contribution in [0, 0.1) is 0 Å². The molecule has 0 fully saturated rings.